The van der Waals surface area contributed by atoms with Crippen molar-refractivity contribution >= 4 is 11.8 Å². The number of hydrogen-bond acceptors (Lipinski definition) is 3. The van der Waals surface area contributed by atoms with Gasteiger partial charge in [-0.15, -0.1) is 0 Å². The molecule has 9 heavy (non-hydrogen) atoms. The first-order valence-corrected chi connectivity index (χ1v) is 4.26. The van der Waals surface area contributed by atoms with Crippen molar-refractivity contribution in [1.82, 2.24) is 5.48 Å². The van der Waals surface area contributed by atoms with Gasteiger partial charge in [0.05, 0.1) is 0 Å². The number of rotatable bonds is 2. The van der Waals surface area contributed by atoms with Crippen LogP contribution in [-0.4, -0.2) is 22.3 Å². The van der Waals surface area contributed by atoms with Gasteiger partial charge in [-0.3, -0.25) is 0 Å². The van der Waals surface area contributed by atoms with Gasteiger partial charge in [0.25, 0.3) is 0 Å². The second-order valence-corrected chi connectivity index (χ2v) is 4.42. The second-order valence-electron chi connectivity index (χ2n) is 2.74. The van der Waals surface area contributed by atoms with Crippen LogP contribution in [0.1, 0.15) is 19.8 Å². The van der Waals surface area contributed by atoms with Crippen LogP contribution in [0.5, 0.6) is 0 Å². The molecule has 1 atom stereocenters. The summed E-state index contributed by atoms with van der Waals surface area (Å²) in [4.78, 5) is 0. The predicted octanol–water partition coefficient (Wildman–Crippen LogP) is 1.25. The van der Waals surface area contributed by atoms with E-state index in [0.717, 1.165) is 6.54 Å². The minimum Gasteiger partial charge on any atom is -0.317 e. The third kappa shape index (κ3) is 1.85. The van der Waals surface area contributed by atoms with E-state index in [2.05, 4.69) is 12.4 Å². The molecule has 2 N–H and O–H groups in total. The molecule has 1 unspecified atom stereocenters. The van der Waals surface area contributed by atoms with Gasteiger partial charge in [-0.25, -0.2) is 5.48 Å². The normalized spacial score (nSPS) is 35.3. The molecule has 0 aliphatic carbocycles. The highest BCUT2D eigenvalue weighted by Crippen LogP contribution is 2.36. The van der Waals surface area contributed by atoms with Gasteiger partial charge >= 0.3 is 0 Å². The van der Waals surface area contributed by atoms with E-state index in [1.54, 1.807) is 0 Å². The van der Waals surface area contributed by atoms with Crippen molar-refractivity contribution in [3.05, 3.63) is 0 Å². The largest absolute Gasteiger partial charge is 0.317 e. The summed E-state index contributed by atoms with van der Waals surface area (Å²) in [6, 6.07) is 0. The minimum atomic E-state index is 0.300. The Morgan fingerprint density at radius 1 is 1.78 bits per heavy atom. The molecule has 0 aromatic carbocycles. The van der Waals surface area contributed by atoms with E-state index in [4.69, 9.17) is 5.21 Å². The molecule has 54 valence electrons. The van der Waals surface area contributed by atoms with Crippen LogP contribution < -0.4 is 5.48 Å². The fourth-order valence-electron chi connectivity index (χ4n) is 1.14. The van der Waals surface area contributed by atoms with Crippen LogP contribution >= 0.6 is 11.8 Å². The van der Waals surface area contributed by atoms with E-state index in [0.29, 0.717) is 4.75 Å². The molecule has 2 nitrogen and oxygen atoms in total. The van der Waals surface area contributed by atoms with Gasteiger partial charge in [0, 0.05) is 11.3 Å². The maximum absolute atomic E-state index is 8.43. The summed E-state index contributed by atoms with van der Waals surface area (Å²) >= 11 is 1.95. The van der Waals surface area contributed by atoms with E-state index in [-0.39, 0.29) is 0 Å². The standard InChI is InChI=1S/C6H13NOS/c1-6(5-7-8)3-2-4-9-6/h7-8H,2-5H2,1H3. The molecule has 1 aliphatic heterocycles. The Morgan fingerprint density at radius 2 is 2.56 bits per heavy atom. The van der Waals surface area contributed by atoms with Crippen LogP contribution in [0, 0.1) is 0 Å². The van der Waals surface area contributed by atoms with Crippen LogP contribution in [0.25, 0.3) is 0 Å². The van der Waals surface area contributed by atoms with Crippen molar-refractivity contribution in [2.24, 2.45) is 0 Å². The number of hydroxylamine groups is 1. The zero-order chi connectivity index (χ0) is 6.74. The Hall–Kier alpha value is 0.270. The smallest absolute Gasteiger partial charge is 0.0352 e. The molecule has 1 rings (SSSR count). The SMILES string of the molecule is CC1(CNO)CCCS1. The molecule has 0 aromatic heterocycles. The van der Waals surface area contributed by atoms with Gasteiger partial charge in [-0.2, -0.15) is 11.8 Å². The summed E-state index contributed by atoms with van der Waals surface area (Å²) in [5.74, 6) is 1.25. The molecule has 0 spiro atoms. The highest BCUT2D eigenvalue weighted by atomic mass is 32.2. The first-order valence-electron chi connectivity index (χ1n) is 3.28. The predicted molar refractivity (Wildman–Crippen MR) is 39.9 cm³/mol. The van der Waals surface area contributed by atoms with Crippen LogP contribution in [-0.2, 0) is 0 Å². The third-order valence-electron chi connectivity index (χ3n) is 1.75. The van der Waals surface area contributed by atoms with Gasteiger partial charge in [-0.05, 0) is 25.5 Å². The van der Waals surface area contributed by atoms with Crippen LogP contribution in [0.2, 0.25) is 0 Å². The average molecular weight is 147 g/mol. The van der Waals surface area contributed by atoms with Crippen molar-refractivity contribution < 1.29 is 5.21 Å². The Balaban J connectivity index is 2.32. The Bertz CT molecular complexity index is 91.1. The summed E-state index contributed by atoms with van der Waals surface area (Å²) < 4.78 is 0.300. The monoisotopic (exact) mass is 147 g/mol. The quantitative estimate of drug-likeness (QED) is 0.577. The number of thioether (sulfide) groups is 1. The van der Waals surface area contributed by atoms with Crippen molar-refractivity contribution in [3.8, 4) is 0 Å². The topological polar surface area (TPSA) is 32.3 Å². The highest BCUT2D eigenvalue weighted by molar-refractivity contribution is 8.00. The molecule has 0 amide bonds. The summed E-state index contributed by atoms with van der Waals surface area (Å²) in [5.41, 5.74) is 2.23. The Morgan fingerprint density at radius 3 is 3.00 bits per heavy atom. The first kappa shape index (κ1) is 7.38. The Kier molecular flexibility index (Phi) is 2.38. The van der Waals surface area contributed by atoms with Crippen LogP contribution in [0.3, 0.4) is 0 Å². The van der Waals surface area contributed by atoms with Crippen molar-refractivity contribution in [2.45, 2.75) is 24.5 Å². The first-order chi connectivity index (χ1) is 4.27. The molecule has 0 aromatic rings. The number of nitrogens with one attached hydrogen (secondary N) is 1. The third-order valence-corrected chi connectivity index (χ3v) is 3.29. The lowest BCUT2D eigenvalue weighted by Crippen LogP contribution is -2.30. The van der Waals surface area contributed by atoms with Gasteiger partial charge in [0.1, 0.15) is 0 Å². The van der Waals surface area contributed by atoms with E-state index in [1.165, 1.54) is 18.6 Å². The molecule has 0 bridgehead atoms. The molecular weight excluding hydrogens is 134 g/mol. The van der Waals surface area contributed by atoms with Crippen molar-refractivity contribution in [3.63, 3.8) is 0 Å². The zero-order valence-electron chi connectivity index (χ0n) is 5.68. The lowest BCUT2D eigenvalue weighted by Gasteiger charge is -2.20. The maximum atomic E-state index is 8.43. The molecule has 3 heteroatoms. The molecule has 1 saturated heterocycles. The molecule has 1 fully saturated rings. The molecule has 1 aliphatic rings. The molecular formula is C6H13NOS. The maximum Gasteiger partial charge on any atom is 0.0352 e. The van der Waals surface area contributed by atoms with E-state index in [1.807, 2.05) is 11.8 Å². The summed E-state index contributed by atoms with van der Waals surface area (Å²) in [6.07, 6.45) is 2.52. The van der Waals surface area contributed by atoms with E-state index in [9.17, 15) is 0 Å². The number of hydrogen-bond donors (Lipinski definition) is 2. The average Bonchev–Trinajstić information content (AvgIpc) is 2.16. The summed E-state index contributed by atoms with van der Waals surface area (Å²) in [7, 11) is 0. The zero-order valence-corrected chi connectivity index (χ0v) is 6.50. The van der Waals surface area contributed by atoms with E-state index < -0.39 is 0 Å². The van der Waals surface area contributed by atoms with Gasteiger partial charge in [0.2, 0.25) is 0 Å². The fourth-order valence-corrected chi connectivity index (χ4v) is 2.38. The summed E-state index contributed by atoms with van der Waals surface area (Å²) in [6.45, 7) is 2.91. The lowest BCUT2D eigenvalue weighted by molar-refractivity contribution is 0.157. The van der Waals surface area contributed by atoms with Crippen molar-refractivity contribution in [2.75, 3.05) is 12.3 Å². The summed E-state index contributed by atoms with van der Waals surface area (Å²) in [5, 5.41) is 8.43. The molecule has 0 saturated carbocycles. The van der Waals surface area contributed by atoms with Gasteiger partial charge < -0.3 is 5.21 Å². The van der Waals surface area contributed by atoms with E-state index >= 15 is 0 Å². The second kappa shape index (κ2) is 2.90. The van der Waals surface area contributed by atoms with Gasteiger partial charge in [-0.1, -0.05) is 0 Å². The van der Waals surface area contributed by atoms with Gasteiger partial charge in [0.15, 0.2) is 0 Å². The molecule has 0 radical (unpaired) electrons. The van der Waals surface area contributed by atoms with Crippen LogP contribution in [0.15, 0.2) is 0 Å². The highest BCUT2D eigenvalue weighted by Gasteiger charge is 2.28. The molecule has 1 heterocycles. The van der Waals surface area contributed by atoms with Crippen LogP contribution in [0.4, 0.5) is 0 Å². The Labute approximate surface area is 60.0 Å². The minimum absolute atomic E-state index is 0.300. The fraction of sp³-hybridized carbons (Fsp3) is 1.00. The lowest BCUT2D eigenvalue weighted by atomic mass is 10.1. The van der Waals surface area contributed by atoms with Crippen molar-refractivity contribution in [1.29, 1.82) is 0 Å².